The van der Waals surface area contributed by atoms with Gasteiger partial charge in [-0.3, -0.25) is 0 Å². The first-order valence-corrected chi connectivity index (χ1v) is 6.70. The van der Waals surface area contributed by atoms with Crippen LogP contribution in [0.25, 0.3) is 10.1 Å². The van der Waals surface area contributed by atoms with Crippen molar-refractivity contribution in [1.29, 1.82) is 0 Å². The molecular weight excluding hydrogens is 232 g/mol. The third kappa shape index (κ3) is 1.56. The summed E-state index contributed by atoms with van der Waals surface area (Å²) in [4.78, 5) is 2.15. The summed E-state index contributed by atoms with van der Waals surface area (Å²) >= 11 is 7.76. The van der Waals surface area contributed by atoms with Crippen molar-refractivity contribution in [1.82, 2.24) is 0 Å². The molecule has 1 aromatic carbocycles. The summed E-state index contributed by atoms with van der Waals surface area (Å²) in [5.74, 6) is 0. The van der Waals surface area contributed by atoms with Gasteiger partial charge in [0.25, 0.3) is 0 Å². The first kappa shape index (κ1) is 10.4. The normalized spacial score (nSPS) is 11.1. The second kappa shape index (κ2) is 4.14. The Balaban J connectivity index is 2.81. The fraction of sp³-hybridized carbons (Fsp3) is 0.200. The molecular formula is C10H10OS3. The summed E-state index contributed by atoms with van der Waals surface area (Å²) in [5, 5.41) is 12.4. The van der Waals surface area contributed by atoms with Crippen LogP contribution in [-0.2, 0) is 6.61 Å². The van der Waals surface area contributed by atoms with E-state index in [1.54, 1.807) is 23.1 Å². The van der Waals surface area contributed by atoms with E-state index in [9.17, 15) is 5.11 Å². The maximum absolute atomic E-state index is 9.21. The van der Waals surface area contributed by atoms with E-state index in [2.05, 4.69) is 18.7 Å². The monoisotopic (exact) mass is 242 g/mol. The van der Waals surface area contributed by atoms with E-state index >= 15 is 0 Å². The van der Waals surface area contributed by atoms with Crippen molar-refractivity contribution >= 4 is 45.8 Å². The molecule has 1 nitrogen and oxygen atoms in total. The van der Waals surface area contributed by atoms with Gasteiger partial charge < -0.3 is 5.11 Å². The van der Waals surface area contributed by atoms with Crippen LogP contribution in [-0.4, -0.2) is 11.4 Å². The number of thioether (sulfide) groups is 1. The van der Waals surface area contributed by atoms with Gasteiger partial charge in [-0.05, 0) is 29.3 Å². The Kier molecular flexibility index (Phi) is 3.07. The Labute approximate surface area is 96.6 Å². The minimum Gasteiger partial charge on any atom is -0.392 e. The van der Waals surface area contributed by atoms with Crippen molar-refractivity contribution in [3.05, 3.63) is 23.1 Å². The molecule has 2 aromatic rings. The van der Waals surface area contributed by atoms with Crippen LogP contribution in [0.4, 0.5) is 0 Å². The van der Waals surface area contributed by atoms with Crippen LogP contribution in [0.15, 0.2) is 27.3 Å². The van der Waals surface area contributed by atoms with Crippen LogP contribution in [0.3, 0.4) is 0 Å². The van der Waals surface area contributed by atoms with E-state index in [1.165, 1.54) is 4.70 Å². The SMILES string of the molecule is CSc1c(S)ccc2scc(CO)c12. The summed E-state index contributed by atoms with van der Waals surface area (Å²) in [6, 6.07) is 4.07. The number of rotatable bonds is 2. The molecule has 0 amide bonds. The molecule has 0 radical (unpaired) electrons. The highest BCUT2D eigenvalue weighted by Gasteiger charge is 2.10. The maximum atomic E-state index is 9.21. The van der Waals surface area contributed by atoms with Gasteiger partial charge in [-0.15, -0.1) is 35.7 Å². The third-order valence-corrected chi connectivity index (χ3v) is 4.48. The van der Waals surface area contributed by atoms with Gasteiger partial charge in [0.1, 0.15) is 0 Å². The number of thiophene rings is 1. The highest BCUT2D eigenvalue weighted by atomic mass is 32.2. The van der Waals surface area contributed by atoms with E-state index in [0.717, 1.165) is 20.7 Å². The molecule has 0 saturated carbocycles. The highest BCUT2D eigenvalue weighted by molar-refractivity contribution is 7.99. The van der Waals surface area contributed by atoms with Crippen LogP contribution >= 0.6 is 35.7 Å². The molecule has 4 heteroatoms. The van der Waals surface area contributed by atoms with Crippen LogP contribution in [0, 0.1) is 0 Å². The second-order valence-electron chi connectivity index (χ2n) is 2.91. The van der Waals surface area contributed by atoms with Crippen LogP contribution < -0.4 is 0 Å². The quantitative estimate of drug-likeness (QED) is 0.622. The summed E-state index contributed by atoms with van der Waals surface area (Å²) in [5.41, 5.74) is 1.00. The molecule has 1 heterocycles. The molecule has 0 bridgehead atoms. The average molecular weight is 242 g/mol. The van der Waals surface area contributed by atoms with Gasteiger partial charge in [-0.25, -0.2) is 0 Å². The fourth-order valence-corrected chi connectivity index (χ4v) is 3.68. The lowest BCUT2D eigenvalue weighted by Gasteiger charge is -2.04. The molecule has 0 aliphatic carbocycles. The number of hydrogen-bond donors (Lipinski definition) is 2. The van der Waals surface area contributed by atoms with Gasteiger partial charge in [0.05, 0.1) is 6.61 Å². The zero-order chi connectivity index (χ0) is 10.1. The molecule has 0 unspecified atom stereocenters. The molecule has 1 N–H and O–H groups in total. The molecule has 14 heavy (non-hydrogen) atoms. The Morgan fingerprint density at radius 3 is 2.93 bits per heavy atom. The summed E-state index contributed by atoms with van der Waals surface area (Å²) in [7, 11) is 0. The zero-order valence-electron chi connectivity index (χ0n) is 7.65. The number of fused-ring (bicyclic) bond motifs is 1. The summed E-state index contributed by atoms with van der Waals surface area (Å²) in [6.45, 7) is 0.102. The van der Waals surface area contributed by atoms with Crippen LogP contribution in [0.2, 0.25) is 0 Å². The number of benzene rings is 1. The molecule has 1 aromatic heterocycles. The van der Waals surface area contributed by atoms with Crippen LogP contribution in [0.5, 0.6) is 0 Å². The molecule has 74 valence electrons. The fourth-order valence-electron chi connectivity index (χ4n) is 1.47. The minimum atomic E-state index is 0.102. The summed E-state index contributed by atoms with van der Waals surface area (Å²) < 4.78 is 1.22. The molecule has 2 rings (SSSR count). The number of thiol groups is 1. The van der Waals surface area contributed by atoms with Gasteiger partial charge >= 0.3 is 0 Å². The second-order valence-corrected chi connectivity index (χ2v) is 5.12. The molecule has 0 aliphatic rings. The van der Waals surface area contributed by atoms with E-state index in [0.29, 0.717) is 0 Å². The maximum Gasteiger partial charge on any atom is 0.0696 e. The van der Waals surface area contributed by atoms with Crippen molar-refractivity contribution in [2.24, 2.45) is 0 Å². The molecule has 0 atom stereocenters. The summed E-state index contributed by atoms with van der Waals surface area (Å²) in [6.07, 6.45) is 2.04. The lowest BCUT2D eigenvalue weighted by molar-refractivity contribution is 0.283. The molecule has 0 aliphatic heterocycles. The number of aliphatic hydroxyl groups excluding tert-OH is 1. The molecule has 0 fully saturated rings. The Bertz CT molecular complexity index is 462. The predicted molar refractivity (Wildman–Crippen MR) is 66.8 cm³/mol. The Morgan fingerprint density at radius 2 is 2.29 bits per heavy atom. The first-order chi connectivity index (χ1) is 6.77. The van der Waals surface area contributed by atoms with Crippen molar-refractivity contribution in [2.45, 2.75) is 16.4 Å². The van der Waals surface area contributed by atoms with Gasteiger partial charge in [0.2, 0.25) is 0 Å². The molecule has 0 spiro atoms. The lowest BCUT2D eigenvalue weighted by Crippen LogP contribution is -1.83. The van der Waals surface area contributed by atoms with Crippen molar-refractivity contribution in [2.75, 3.05) is 6.26 Å². The van der Waals surface area contributed by atoms with Crippen molar-refractivity contribution in [3.63, 3.8) is 0 Å². The Hall–Kier alpha value is -0.160. The third-order valence-electron chi connectivity index (χ3n) is 2.12. The van der Waals surface area contributed by atoms with Gasteiger partial charge in [-0.2, -0.15) is 0 Å². The number of aliphatic hydroxyl groups is 1. The van der Waals surface area contributed by atoms with E-state index in [-0.39, 0.29) is 6.61 Å². The van der Waals surface area contributed by atoms with E-state index in [4.69, 9.17) is 0 Å². The standard InChI is InChI=1S/C10H10OS3/c1-13-10-7(12)2-3-8-9(10)6(4-11)5-14-8/h2-3,5,11-12H,4H2,1H3. The van der Waals surface area contributed by atoms with Crippen molar-refractivity contribution in [3.8, 4) is 0 Å². The van der Waals surface area contributed by atoms with E-state index in [1.807, 2.05) is 17.7 Å². The predicted octanol–water partition coefficient (Wildman–Crippen LogP) is 3.40. The van der Waals surface area contributed by atoms with Crippen LogP contribution in [0.1, 0.15) is 5.56 Å². The minimum absolute atomic E-state index is 0.102. The van der Waals surface area contributed by atoms with E-state index < -0.39 is 0 Å². The first-order valence-electron chi connectivity index (χ1n) is 4.14. The number of hydrogen-bond acceptors (Lipinski definition) is 4. The highest BCUT2D eigenvalue weighted by Crippen LogP contribution is 2.37. The van der Waals surface area contributed by atoms with Gasteiger partial charge in [0, 0.05) is 19.9 Å². The topological polar surface area (TPSA) is 20.2 Å². The van der Waals surface area contributed by atoms with Gasteiger partial charge in [0.15, 0.2) is 0 Å². The largest absolute Gasteiger partial charge is 0.392 e. The van der Waals surface area contributed by atoms with Gasteiger partial charge in [-0.1, -0.05) is 0 Å². The average Bonchev–Trinajstić information content (AvgIpc) is 2.61. The molecule has 0 saturated heterocycles. The smallest absolute Gasteiger partial charge is 0.0696 e. The zero-order valence-corrected chi connectivity index (χ0v) is 10.2. The Morgan fingerprint density at radius 1 is 1.50 bits per heavy atom. The lowest BCUT2D eigenvalue weighted by atomic mass is 10.2. The van der Waals surface area contributed by atoms with Crippen molar-refractivity contribution < 1.29 is 5.11 Å².